The molecule has 0 atom stereocenters. The SMILES string of the molecule is CC(C)(C)OC(=O)NCCOCCOCCC(=O)N=O. The van der Waals surface area contributed by atoms with Crippen LogP contribution in [0.2, 0.25) is 0 Å². The highest BCUT2D eigenvalue weighted by Gasteiger charge is 2.15. The third-order valence-corrected chi connectivity index (χ3v) is 1.85. The summed E-state index contributed by atoms with van der Waals surface area (Å²) in [7, 11) is 0. The van der Waals surface area contributed by atoms with Gasteiger partial charge in [0.25, 0.3) is 5.91 Å². The molecule has 0 saturated heterocycles. The molecule has 0 aliphatic carbocycles. The largest absolute Gasteiger partial charge is 0.444 e. The topological polar surface area (TPSA) is 103 Å². The van der Waals surface area contributed by atoms with E-state index in [9.17, 15) is 14.5 Å². The second-order valence-electron chi connectivity index (χ2n) is 4.89. The van der Waals surface area contributed by atoms with E-state index in [2.05, 4.69) is 10.5 Å². The van der Waals surface area contributed by atoms with E-state index in [1.165, 1.54) is 0 Å². The van der Waals surface area contributed by atoms with Crippen molar-refractivity contribution in [2.75, 3.05) is 33.0 Å². The van der Waals surface area contributed by atoms with Crippen LogP contribution in [0.5, 0.6) is 0 Å². The van der Waals surface area contributed by atoms with Gasteiger partial charge in [-0.25, -0.2) is 4.79 Å². The molecule has 0 spiro atoms. The van der Waals surface area contributed by atoms with Gasteiger partial charge in [-0.1, -0.05) is 0 Å². The van der Waals surface area contributed by atoms with Crippen molar-refractivity contribution in [3.8, 4) is 0 Å². The minimum atomic E-state index is -0.729. The summed E-state index contributed by atoms with van der Waals surface area (Å²) in [5.41, 5.74) is -0.521. The van der Waals surface area contributed by atoms with Gasteiger partial charge >= 0.3 is 6.09 Å². The molecule has 0 unspecified atom stereocenters. The monoisotopic (exact) mass is 290 g/mol. The Morgan fingerprint density at radius 1 is 1.05 bits per heavy atom. The molecule has 8 heteroatoms. The third kappa shape index (κ3) is 12.9. The molecule has 8 nitrogen and oxygen atoms in total. The smallest absolute Gasteiger partial charge is 0.407 e. The van der Waals surface area contributed by atoms with Crippen molar-refractivity contribution < 1.29 is 23.8 Å². The van der Waals surface area contributed by atoms with Crippen molar-refractivity contribution in [2.45, 2.75) is 32.8 Å². The first-order valence-corrected chi connectivity index (χ1v) is 6.33. The van der Waals surface area contributed by atoms with Crippen LogP contribution in [0, 0.1) is 4.91 Å². The lowest BCUT2D eigenvalue weighted by molar-refractivity contribution is -0.119. The minimum absolute atomic E-state index is 0.0241. The molecule has 1 N–H and O–H groups in total. The summed E-state index contributed by atoms with van der Waals surface area (Å²) in [5.74, 6) is -0.729. The highest BCUT2D eigenvalue weighted by molar-refractivity contribution is 5.76. The lowest BCUT2D eigenvalue weighted by Gasteiger charge is -2.19. The summed E-state index contributed by atoms with van der Waals surface area (Å²) in [6.07, 6.45) is -0.513. The van der Waals surface area contributed by atoms with E-state index < -0.39 is 17.6 Å². The van der Waals surface area contributed by atoms with Gasteiger partial charge in [0.05, 0.1) is 32.8 Å². The van der Waals surface area contributed by atoms with Crippen molar-refractivity contribution in [1.82, 2.24) is 5.32 Å². The zero-order valence-corrected chi connectivity index (χ0v) is 12.1. The maximum atomic E-state index is 11.2. The van der Waals surface area contributed by atoms with E-state index in [4.69, 9.17) is 14.2 Å². The first-order chi connectivity index (χ1) is 9.35. The quantitative estimate of drug-likeness (QED) is 0.506. The second kappa shape index (κ2) is 10.3. The van der Waals surface area contributed by atoms with Crippen LogP contribution in [0.25, 0.3) is 0 Å². The lowest BCUT2D eigenvalue weighted by Crippen LogP contribution is -2.34. The molecule has 0 rings (SSSR count). The number of nitrogens with one attached hydrogen (secondary N) is 1. The van der Waals surface area contributed by atoms with Crippen LogP contribution in [0.1, 0.15) is 27.2 Å². The summed E-state index contributed by atoms with van der Waals surface area (Å²) in [4.78, 5) is 31.5. The van der Waals surface area contributed by atoms with Crippen LogP contribution < -0.4 is 5.32 Å². The third-order valence-electron chi connectivity index (χ3n) is 1.85. The molecule has 0 aromatic carbocycles. The Kier molecular flexibility index (Phi) is 9.48. The zero-order chi connectivity index (χ0) is 15.4. The Morgan fingerprint density at radius 3 is 2.20 bits per heavy atom. The van der Waals surface area contributed by atoms with Crippen LogP contribution in [0.3, 0.4) is 0 Å². The van der Waals surface area contributed by atoms with Crippen LogP contribution in [-0.4, -0.2) is 50.6 Å². The Bertz CT molecular complexity index is 314. The molecule has 0 aliphatic heterocycles. The molecule has 0 heterocycles. The molecule has 0 saturated carbocycles. The number of alkyl carbamates (subject to hydrolysis) is 1. The van der Waals surface area contributed by atoms with Crippen molar-refractivity contribution in [3.63, 3.8) is 0 Å². The Morgan fingerprint density at radius 2 is 1.65 bits per heavy atom. The zero-order valence-electron chi connectivity index (χ0n) is 12.1. The lowest BCUT2D eigenvalue weighted by atomic mass is 10.2. The van der Waals surface area contributed by atoms with E-state index in [1.807, 2.05) is 0 Å². The first kappa shape index (κ1) is 18.5. The van der Waals surface area contributed by atoms with Gasteiger partial charge in [0.1, 0.15) is 5.60 Å². The molecular formula is C12H22N2O6. The van der Waals surface area contributed by atoms with Crippen LogP contribution >= 0.6 is 0 Å². The van der Waals surface area contributed by atoms with Crippen molar-refractivity contribution >= 4 is 12.0 Å². The molecule has 0 aliphatic rings. The summed E-state index contributed by atoms with van der Waals surface area (Å²) < 4.78 is 15.3. The molecule has 2 amide bonds. The number of hydrogen-bond acceptors (Lipinski definition) is 6. The van der Waals surface area contributed by atoms with Gasteiger partial charge in [-0.15, -0.1) is 4.91 Å². The average Bonchev–Trinajstić information content (AvgIpc) is 2.34. The number of rotatable bonds is 9. The van der Waals surface area contributed by atoms with Gasteiger partial charge in [-0.2, -0.15) is 0 Å². The predicted molar refractivity (Wildman–Crippen MR) is 71.3 cm³/mol. The molecule has 0 fully saturated rings. The van der Waals surface area contributed by atoms with E-state index in [0.717, 1.165) is 0 Å². The van der Waals surface area contributed by atoms with Gasteiger partial charge < -0.3 is 19.5 Å². The van der Waals surface area contributed by atoms with E-state index in [0.29, 0.717) is 26.4 Å². The van der Waals surface area contributed by atoms with Gasteiger partial charge in [-0.05, 0) is 20.8 Å². The van der Waals surface area contributed by atoms with Gasteiger partial charge in [0.2, 0.25) is 0 Å². The molecular weight excluding hydrogens is 268 g/mol. The van der Waals surface area contributed by atoms with Gasteiger partial charge in [-0.3, -0.25) is 4.79 Å². The van der Waals surface area contributed by atoms with E-state index >= 15 is 0 Å². The predicted octanol–water partition coefficient (Wildman–Crippen LogP) is 1.23. The van der Waals surface area contributed by atoms with Crippen molar-refractivity contribution in [3.05, 3.63) is 4.91 Å². The van der Waals surface area contributed by atoms with Crippen LogP contribution in [0.4, 0.5) is 4.79 Å². The number of nitroso groups, excluding NO2 is 1. The molecule has 20 heavy (non-hydrogen) atoms. The minimum Gasteiger partial charge on any atom is -0.444 e. The number of hydrogen-bond donors (Lipinski definition) is 1. The number of carbonyl (C=O) groups is 2. The summed E-state index contributed by atoms with van der Waals surface area (Å²) in [6.45, 7) is 6.79. The fraction of sp³-hybridized carbons (Fsp3) is 0.833. The maximum absolute atomic E-state index is 11.2. The van der Waals surface area contributed by atoms with Crippen molar-refractivity contribution in [2.24, 2.45) is 5.18 Å². The number of nitrogens with zero attached hydrogens (tertiary/aromatic N) is 1. The molecule has 0 aromatic heterocycles. The standard InChI is InChI=1S/C12H22N2O6/c1-12(2,3)20-11(16)13-5-7-19-9-8-18-6-4-10(15)14-17/h4-9H2,1-3H3,(H,13,16). The van der Waals surface area contributed by atoms with Crippen LogP contribution in [0.15, 0.2) is 5.18 Å². The van der Waals surface area contributed by atoms with Gasteiger partial charge in [0.15, 0.2) is 0 Å². The van der Waals surface area contributed by atoms with Gasteiger partial charge in [0, 0.05) is 11.7 Å². The van der Waals surface area contributed by atoms with Crippen LogP contribution in [-0.2, 0) is 19.0 Å². The summed E-state index contributed by atoms with van der Waals surface area (Å²) >= 11 is 0. The Labute approximate surface area is 118 Å². The summed E-state index contributed by atoms with van der Waals surface area (Å²) in [5, 5.41) is 4.78. The maximum Gasteiger partial charge on any atom is 0.407 e. The fourth-order valence-electron chi connectivity index (χ4n) is 1.07. The molecule has 0 bridgehead atoms. The Hall–Kier alpha value is -1.54. The first-order valence-electron chi connectivity index (χ1n) is 6.33. The molecule has 0 aromatic rings. The Balaban J connectivity index is 3.31. The van der Waals surface area contributed by atoms with E-state index in [-0.39, 0.29) is 13.0 Å². The van der Waals surface area contributed by atoms with Crippen molar-refractivity contribution in [1.29, 1.82) is 0 Å². The average molecular weight is 290 g/mol. The highest BCUT2D eigenvalue weighted by atomic mass is 16.6. The number of ether oxygens (including phenoxy) is 3. The molecule has 116 valence electrons. The number of amides is 2. The summed E-state index contributed by atoms with van der Waals surface area (Å²) in [6, 6.07) is 0. The second-order valence-corrected chi connectivity index (χ2v) is 4.89. The normalized spacial score (nSPS) is 10.9. The fourth-order valence-corrected chi connectivity index (χ4v) is 1.07. The highest BCUT2D eigenvalue weighted by Crippen LogP contribution is 2.05. The molecule has 0 radical (unpaired) electrons. The number of carbonyl (C=O) groups excluding carboxylic acids is 2. The van der Waals surface area contributed by atoms with E-state index in [1.54, 1.807) is 20.8 Å².